The first kappa shape index (κ1) is 12.9. The Morgan fingerprint density at radius 2 is 2.12 bits per heavy atom. The van der Waals surface area contributed by atoms with Gasteiger partial charge in [-0.05, 0) is 50.1 Å². The molecule has 1 nitrogen and oxygen atoms in total. The van der Waals surface area contributed by atoms with Gasteiger partial charge in [0, 0.05) is 15.8 Å². The molecule has 5 heteroatoms. The molecular weight excluding hydrogens is 420 g/mol. The number of halogens is 3. The average molecular weight is 429 g/mol. The van der Waals surface area contributed by atoms with Crippen molar-refractivity contribution in [3.8, 4) is 0 Å². The lowest BCUT2D eigenvalue weighted by Gasteiger charge is -2.02. The van der Waals surface area contributed by atoms with E-state index in [4.69, 9.17) is 4.42 Å². The van der Waals surface area contributed by atoms with Crippen LogP contribution in [0.4, 0.5) is 0 Å². The molecule has 2 heterocycles. The van der Waals surface area contributed by atoms with Crippen LogP contribution in [0.15, 0.2) is 30.9 Å². The molecule has 1 atom stereocenters. The zero-order valence-corrected chi connectivity index (χ0v) is 14.0. The van der Waals surface area contributed by atoms with Crippen molar-refractivity contribution in [2.45, 2.75) is 18.2 Å². The van der Waals surface area contributed by atoms with Crippen molar-refractivity contribution in [3.05, 3.63) is 42.9 Å². The van der Waals surface area contributed by atoms with Gasteiger partial charge >= 0.3 is 0 Å². The summed E-state index contributed by atoms with van der Waals surface area (Å²) in [7, 11) is 0. The summed E-state index contributed by atoms with van der Waals surface area (Å²) in [4.78, 5) is 1.34. The second-order valence-electron chi connectivity index (χ2n) is 3.29. The summed E-state index contributed by atoms with van der Waals surface area (Å²) in [5.41, 5.74) is 0. The van der Waals surface area contributed by atoms with Crippen molar-refractivity contribution in [2.24, 2.45) is 0 Å². The molecule has 0 radical (unpaired) electrons. The summed E-state index contributed by atoms with van der Waals surface area (Å²) in [6.07, 6.45) is 0.928. The minimum atomic E-state index is 0.125. The molecule has 0 aliphatic heterocycles. The molecule has 0 aliphatic carbocycles. The summed E-state index contributed by atoms with van der Waals surface area (Å²) >= 11 is 12.3. The Bertz CT molecular complexity index is 470. The van der Waals surface area contributed by atoms with Crippen molar-refractivity contribution in [1.82, 2.24) is 0 Å². The lowest BCUT2D eigenvalue weighted by Crippen LogP contribution is -1.85. The second kappa shape index (κ2) is 5.38. The van der Waals surface area contributed by atoms with Crippen molar-refractivity contribution in [1.29, 1.82) is 0 Å². The van der Waals surface area contributed by atoms with E-state index in [1.165, 1.54) is 4.88 Å². The highest BCUT2D eigenvalue weighted by molar-refractivity contribution is 9.13. The van der Waals surface area contributed by atoms with Gasteiger partial charge in [-0.15, -0.1) is 11.3 Å². The number of hydrogen-bond donors (Lipinski definition) is 0. The molecule has 0 fully saturated rings. The quantitative estimate of drug-likeness (QED) is 0.553. The van der Waals surface area contributed by atoms with E-state index in [9.17, 15) is 0 Å². The van der Waals surface area contributed by atoms with E-state index < -0.39 is 0 Å². The van der Waals surface area contributed by atoms with Crippen LogP contribution in [0.5, 0.6) is 0 Å². The van der Waals surface area contributed by atoms with Gasteiger partial charge in [-0.25, -0.2) is 0 Å². The normalized spacial score (nSPS) is 13.0. The minimum absolute atomic E-state index is 0.125. The van der Waals surface area contributed by atoms with E-state index in [1.54, 1.807) is 11.3 Å². The van der Waals surface area contributed by atoms with E-state index in [-0.39, 0.29) is 4.83 Å². The van der Waals surface area contributed by atoms with Crippen LogP contribution in [-0.2, 0) is 6.42 Å². The summed E-state index contributed by atoms with van der Waals surface area (Å²) in [5.74, 6) is 1.98. The molecular formula is C11H9Br3OS. The fourth-order valence-corrected chi connectivity index (χ4v) is 4.08. The van der Waals surface area contributed by atoms with E-state index in [0.717, 1.165) is 26.2 Å². The third kappa shape index (κ3) is 2.63. The number of rotatable bonds is 3. The Hall–Kier alpha value is 0.420. The van der Waals surface area contributed by atoms with Gasteiger partial charge in [-0.3, -0.25) is 0 Å². The van der Waals surface area contributed by atoms with Crippen molar-refractivity contribution in [3.63, 3.8) is 0 Å². The number of aryl methyl sites for hydroxylation is 1. The molecule has 86 valence electrons. The number of thiophene rings is 1. The number of hydrogen-bond acceptors (Lipinski definition) is 2. The SMILES string of the molecule is CCc1ccc(C(Br)c2cc(Br)c(Br)s2)o1. The number of furan rings is 1. The smallest absolute Gasteiger partial charge is 0.123 e. The van der Waals surface area contributed by atoms with Crippen LogP contribution in [0.1, 0.15) is 28.1 Å². The predicted octanol–water partition coefficient (Wildman–Crippen LogP) is 5.91. The molecule has 0 saturated heterocycles. The van der Waals surface area contributed by atoms with E-state index >= 15 is 0 Å². The Kier molecular flexibility index (Phi) is 4.32. The standard InChI is InChI=1S/C11H9Br3OS/c1-2-6-3-4-8(15-6)10(13)9-5-7(12)11(14)16-9/h3-5,10H,2H2,1H3. The molecule has 0 aliphatic rings. The van der Waals surface area contributed by atoms with Crippen molar-refractivity contribution < 1.29 is 4.42 Å². The minimum Gasteiger partial charge on any atom is -0.465 e. The van der Waals surface area contributed by atoms with E-state index in [0.29, 0.717) is 0 Å². The summed E-state index contributed by atoms with van der Waals surface area (Å²) in [5, 5.41) is 0. The number of alkyl halides is 1. The average Bonchev–Trinajstić information content (AvgIpc) is 2.86. The molecule has 2 rings (SSSR count). The molecule has 2 aromatic heterocycles. The topological polar surface area (TPSA) is 13.1 Å². The highest BCUT2D eigenvalue weighted by atomic mass is 79.9. The predicted molar refractivity (Wildman–Crippen MR) is 78.6 cm³/mol. The maximum absolute atomic E-state index is 5.73. The lowest BCUT2D eigenvalue weighted by atomic mass is 10.3. The molecule has 2 aromatic rings. The highest BCUT2D eigenvalue weighted by Gasteiger charge is 2.18. The Morgan fingerprint density at radius 1 is 1.38 bits per heavy atom. The third-order valence-corrected chi connectivity index (χ3v) is 6.76. The maximum Gasteiger partial charge on any atom is 0.123 e. The molecule has 0 spiro atoms. The second-order valence-corrected chi connectivity index (χ2v) is 7.46. The highest BCUT2D eigenvalue weighted by Crippen LogP contribution is 2.41. The van der Waals surface area contributed by atoms with Gasteiger partial charge in [0.05, 0.1) is 3.79 Å². The van der Waals surface area contributed by atoms with Crippen LogP contribution in [-0.4, -0.2) is 0 Å². The van der Waals surface area contributed by atoms with E-state index in [1.807, 2.05) is 12.1 Å². The van der Waals surface area contributed by atoms with Gasteiger partial charge in [-0.2, -0.15) is 0 Å². The van der Waals surface area contributed by atoms with Crippen LogP contribution < -0.4 is 0 Å². The van der Waals surface area contributed by atoms with Crippen molar-refractivity contribution >= 4 is 59.1 Å². The zero-order chi connectivity index (χ0) is 11.7. The Labute approximate surface area is 124 Å². The van der Waals surface area contributed by atoms with Crippen LogP contribution in [0, 0.1) is 0 Å². The summed E-state index contributed by atoms with van der Waals surface area (Å²) < 4.78 is 7.92. The van der Waals surface area contributed by atoms with Crippen LogP contribution in [0.3, 0.4) is 0 Å². The third-order valence-electron chi connectivity index (χ3n) is 2.19. The van der Waals surface area contributed by atoms with Gasteiger partial charge in [0.1, 0.15) is 16.3 Å². The first-order chi connectivity index (χ1) is 7.61. The van der Waals surface area contributed by atoms with Gasteiger partial charge < -0.3 is 4.42 Å². The molecule has 0 bridgehead atoms. The maximum atomic E-state index is 5.73. The van der Waals surface area contributed by atoms with Gasteiger partial charge in [0.15, 0.2) is 0 Å². The Morgan fingerprint density at radius 3 is 2.62 bits per heavy atom. The van der Waals surface area contributed by atoms with Gasteiger partial charge in [-0.1, -0.05) is 22.9 Å². The summed E-state index contributed by atoms with van der Waals surface area (Å²) in [6.45, 7) is 2.09. The van der Waals surface area contributed by atoms with E-state index in [2.05, 4.69) is 60.8 Å². The molecule has 0 aromatic carbocycles. The molecule has 16 heavy (non-hydrogen) atoms. The molecule has 1 unspecified atom stereocenters. The Balaban J connectivity index is 2.27. The monoisotopic (exact) mass is 426 g/mol. The van der Waals surface area contributed by atoms with Crippen LogP contribution in [0.25, 0.3) is 0 Å². The van der Waals surface area contributed by atoms with Crippen LogP contribution in [0.2, 0.25) is 0 Å². The fourth-order valence-electron chi connectivity index (χ4n) is 1.35. The molecule has 0 N–H and O–H groups in total. The fraction of sp³-hybridized carbons (Fsp3) is 0.273. The zero-order valence-electron chi connectivity index (χ0n) is 8.47. The van der Waals surface area contributed by atoms with Crippen LogP contribution >= 0.6 is 59.1 Å². The van der Waals surface area contributed by atoms with Gasteiger partial charge in [0.2, 0.25) is 0 Å². The first-order valence-corrected chi connectivity index (χ1v) is 8.11. The summed E-state index contributed by atoms with van der Waals surface area (Å²) in [6, 6.07) is 6.16. The molecule has 0 saturated carbocycles. The molecule has 0 amide bonds. The lowest BCUT2D eigenvalue weighted by molar-refractivity contribution is 0.478. The van der Waals surface area contributed by atoms with Gasteiger partial charge in [0.25, 0.3) is 0 Å². The largest absolute Gasteiger partial charge is 0.465 e. The first-order valence-electron chi connectivity index (χ1n) is 4.79. The van der Waals surface area contributed by atoms with Crippen molar-refractivity contribution in [2.75, 3.05) is 0 Å².